The highest BCUT2D eigenvalue weighted by molar-refractivity contribution is 5.82. The molecule has 2 aliphatic rings. The Morgan fingerprint density at radius 2 is 1.84 bits per heavy atom. The number of hydrogen-bond acceptors (Lipinski definition) is 2. The van der Waals surface area contributed by atoms with E-state index in [1.54, 1.807) is 0 Å². The zero-order chi connectivity index (χ0) is 17.3. The van der Waals surface area contributed by atoms with Crippen LogP contribution in [0.4, 0.5) is 0 Å². The van der Waals surface area contributed by atoms with Crippen LogP contribution >= 0.6 is 0 Å². The third-order valence-electron chi connectivity index (χ3n) is 5.85. The Morgan fingerprint density at radius 1 is 1.12 bits per heavy atom. The Morgan fingerprint density at radius 3 is 2.60 bits per heavy atom. The summed E-state index contributed by atoms with van der Waals surface area (Å²) in [6.45, 7) is 4.84. The van der Waals surface area contributed by atoms with Gasteiger partial charge in [0.15, 0.2) is 0 Å². The molecule has 1 unspecified atom stereocenters. The predicted octanol–water partition coefficient (Wildman–Crippen LogP) is 3.67. The van der Waals surface area contributed by atoms with Crippen LogP contribution in [-0.2, 0) is 11.3 Å². The summed E-state index contributed by atoms with van der Waals surface area (Å²) in [5.41, 5.74) is 5.16. The molecule has 1 atom stereocenters. The van der Waals surface area contributed by atoms with Crippen molar-refractivity contribution in [2.24, 2.45) is 11.3 Å². The number of aryl methyl sites for hydroxylation is 1. The van der Waals surface area contributed by atoms with Gasteiger partial charge in [0.05, 0.1) is 0 Å². The molecule has 1 spiro atoms. The molecule has 25 heavy (non-hydrogen) atoms. The van der Waals surface area contributed by atoms with Crippen LogP contribution in [0.5, 0.6) is 0 Å². The summed E-state index contributed by atoms with van der Waals surface area (Å²) >= 11 is 0. The number of piperidine rings is 1. The lowest BCUT2D eigenvalue weighted by Gasteiger charge is -2.23. The minimum atomic E-state index is 0.231. The van der Waals surface area contributed by atoms with Crippen molar-refractivity contribution in [2.75, 3.05) is 13.1 Å². The summed E-state index contributed by atoms with van der Waals surface area (Å²) in [4.78, 5) is 12.5. The fraction of sp³-hybridized carbons (Fsp3) is 0.409. The van der Waals surface area contributed by atoms with Crippen LogP contribution in [0.2, 0.25) is 0 Å². The maximum Gasteiger partial charge on any atom is 0.223 e. The minimum Gasteiger partial charge on any atom is -0.352 e. The third-order valence-corrected chi connectivity index (χ3v) is 5.85. The van der Waals surface area contributed by atoms with E-state index in [1.807, 2.05) is 0 Å². The van der Waals surface area contributed by atoms with Gasteiger partial charge in [-0.05, 0) is 67.4 Å². The van der Waals surface area contributed by atoms with Crippen LogP contribution in [0.3, 0.4) is 0 Å². The lowest BCUT2D eigenvalue weighted by Crippen LogP contribution is -2.33. The van der Waals surface area contributed by atoms with E-state index in [0.717, 1.165) is 37.9 Å². The number of benzene rings is 2. The normalized spacial score (nSPS) is 21.1. The van der Waals surface area contributed by atoms with Crippen molar-refractivity contribution in [3.63, 3.8) is 0 Å². The topological polar surface area (TPSA) is 41.1 Å². The predicted molar refractivity (Wildman–Crippen MR) is 101 cm³/mol. The van der Waals surface area contributed by atoms with Crippen molar-refractivity contribution >= 4 is 5.91 Å². The molecule has 1 amide bonds. The van der Waals surface area contributed by atoms with Crippen LogP contribution in [-0.4, -0.2) is 19.0 Å². The van der Waals surface area contributed by atoms with Gasteiger partial charge in [-0.15, -0.1) is 0 Å². The highest BCUT2D eigenvalue weighted by atomic mass is 16.2. The van der Waals surface area contributed by atoms with Gasteiger partial charge in [0.1, 0.15) is 0 Å². The largest absolute Gasteiger partial charge is 0.352 e. The molecule has 0 aromatic heterocycles. The molecule has 1 saturated carbocycles. The number of nitrogens with one attached hydrogen (secondary N) is 2. The van der Waals surface area contributed by atoms with E-state index in [2.05, 4.69) is 66.1 Å². The molecule has 1 saturated heterocycles. The van der Waals surface area contributed by atoms with Gasteiger partial charge in [0.25, 0.3) is 0 Å². The van der Waals surface area contributed by atoms with Gasteiger partial charge in [-0.25, -0.2) is 0 Å². The second kappa shape index (κ2) is 6.64. The zero-order valence-corrected chi connectivity index (χ0v) is 14.8. The zero-order valence-electron chi connectivity index (χ0n) is 14.8. The van der Waals surface area contributed by atoms with E-state index in [-0.39, 0.29) is 11.8 Å². The van der Waals surface area contributed by atoms with E-state index in [9.17, 15) is 4.79 Å². The lowest BCUT2D eigenvalue weighted by atomic mass is 9.92. The number of carbonyl (C=O) groups excluding carboxylic acids is 1. The summed E-state index contributed by atoms with van der Waals surface area (Å²) in [6, 6.07) is 17.0. The van der Waals surface area contributed by atoms with Crippen LogP contribution in [0.25, 0.3) is 11.1 Å². The average Bonchev–Trinajstić information content (AvgIpc) is 3.33. The van der Waals surface area contributed by atoms with Crippen LogP contribution < -0.4 is 10.6 Å². The highest BCUT2D eigenvalue weighted by Gasteiger charge is 2.57. The molecule has 1 aliphatic carbocycles. The molecule has 0 radical (unpaired) electrons. The average molecular weight is 334 g/mol. The number of hydrogen-bond donors (Lipinski definition) is 2. The standard InChI is InChI=1S/C22H26N2O/c1-16-4-2-6-18(12-16)19-7-3-5-17(13-19)15-24-21(25)20-14-22(20)8-10-23-11-9-22/h2-7,12-13,20,23H,8-11,14-15H2,1H3,(H,24,25). The number of rotatable bonds is 4. The smallest absolute Gasteiger partial charge is 0.223 e. The van der Waals surface area contributed by atoms with Crippen LogP contribution in [0.15, 0.2) is 48.5 Å². The summed E-state index contributed by atoms with van der Waals surface area (Å²) in [6.07, 6.45) is 3.37. The first kappa shape index (κ1) is 16.3. The molecule has 3 heteroatoms. The van der Waals surface area contributed by atoms with Crippen molar-refractivity contribution in [1.82, 2.24) is 10.6 Å². The first-order valence-corrected chi connectivity index (χ1v) is 9.31. The van der Waals surface area contributed by atoms with Crippen molar-refractivity contribution in [3.8, 4) is 11.1 Å². The van der Waals surface area contributed by atoms with Gasteiger partial charge in [0, 0.05) is 12.5 Å². The fourth-order valence-corrected chi connectivity index (χ4v) is 4.19. The van der Waals surface area contributed by atoms with E-state index in [4.69, 9.17) is 0 Å². The second-order valence-electron chi connectivity index (χ2n) is 7.66. The Balaban J connectivity index is 1.39. The van der Waals surface area contributed by atoms with E-state index in [0.29, 0.717) is 12.0 Å². The maximum atomic E-state index is 12.5. The Hall–Kier alpha value is -2.13. The van der Waals surface area contributed by atoms with Crippen LogP contribution in [0.1, 0.15) is 30.4 Å². The molecule has 130 valence electrons. The summed E-state index contributed by atoms with van der Waals surface area (Å²) in [5.74, 6) is 0.470. The van der Waals surface area contributed by atoms with Gasteiger partial charge in [-0.2, -0.15) is 0 Å². The molecule has 4 rings (SSSR count). The molecule has 2 aromatic rings. The van der Waals surface area contributed by atoms with Crippen molar-refractivity contribution in [3.05, 3.63) is 59.7 Å². The van der Waals surface area contributed by atoms with Gasteiger partial charge < -0.3 is 10.6 Å². The van der Waals surface area contributed by atoms with Gasteiger partial charge in [0.2, 0.25) is 5.91 Å². The molecular formula is C22H26N2O. The molecule has 2 fully saturated rings. The van der Waals surface area contributed by atoms with Crippen molar-refractivity contribution < 1.29 is 4.79 Å². The molecule has 2 N–H and O–H groups in total. The fourth-order valence-electron chi connectivity index (χ4n) is 4.19. The first-order valence-electron chi connectivity index (χ1n) is 9.31. The van der Waals surface area contributed by atoms with E-state index >= 15 is 0 Å². The number of carbonyl (C=O) groups is 1. The lowest BCUT2D eigenvalue weighted by molar-refractivity contribution is -0.123. The van der Waals surface area contributed by atoms with E-state index < -0.39 is 0 Å². The summed E-state index contributed by atoms with van der Waals surface area (Å²) in [5, 5.41) is 6.55. The molecule has 3 nitrogen and oxygen atoms in total. The van der Waals surface area contributed by atoms with Crippen molar-refractivity contribution in [2.45, 2.75) is 32.7 Å². The monoisotopic (exact) mass is 334 g/mol. The van der Waals surface area contributed by atoms with E-state index in [1.165, 1.54) is 16.7 Å². The Labute approximate surface area is 149 Å². The molecule has 2 aromatic carbocycles. The Kier molecular flexibility index (Phi) is 4.34. The first-order chi connectivity index (χ1) is 12.2. The minimum absolute atomic E-state index is 0.231. The third kappa shape index (κ3) is 3.47. The SMILES string of the molecule is Cc1cccc(-c2cccc(CNC(=O)C3CC34CCNCC4)c2)c1. The van der Waals surface area contributed by atoms with Crippen LogP contribution in [0, 0.1) is 18.3 Å². The Bertz CT molecular complexity index is 777. The highest BCUT2D eigenvalue weighted by Crippen LogP contribution is 2.58. The molecule has 1 aliphatic heterocycles. The second-order valence-corrected chi connectivity index (χ2v) is 7.66. The molecular weight excluding hydrogens is 308 g/mol. The number of amides is 1. The summed E-state index contributed by atoms with van der Waals surface area (Å²) in [7, 11) is 0. The van der Waals surface area contributed by atoms with Crippen molar-refractivity contribution in [1.29, 1.82) is 0 Å². The van der Waals surface area contributed by atoms with Gasteiger partial charge >= 0.3 is 0 Å². The maximum absolute atomic E-state index is 12.5. The molecule has 1 heterocycles. The summed E-state index contributed by atoms with van der Waals surface area (Å²) < 4.78 is 0. The molecule has 0 bridgehead atoms. The van der Waals surface area contributed by atoms with Gasteiger partial charge in [-0.3, -0.25) is 4.79 Å². The van der Waals surface area contributed by atoms with Gasteiger partial charge in [-0.1, -0.05) is 48.0 Å². The quantitative estimate of drug-likeness (QED) is 0.896.